The van der Waals surface area contributed by atoms with Crippen LogP contribution in [-0.4, -0.2) is 28.1 Å². The number of thiophene rings is 1. The van der Waals surface area contributed by atoms with Gasteiger partial charge in [0.2, 0.25) is 5.91 Å². The summed E-state index contributed by atoms with van der Waals surface area (Å²) in [6, 6.07) is 17.1. The van der Waals surface area contributed by atoms with E-state index in [1.807, 2.05) is 36.6 Å². The second-order valence-corrected chi connectivity index (χ2v) is 8.57. The third-order valence-electron chi connectivity index (χ3n) is 4.16. The van der Waals surface area contributed by atoms with E-state index < -0.39 is 5.97 Å². The highest BCUT2D eigenvalue weighted by Gasteiger charge is 2.19. The lowest BCUT2D eigenvalue weighted by molar-refractivity contribution is -0.115. The summed E-state index contributed by atoms with van der Waals surface area (Å²) in [6.45, 7) is 1.91. The molecule has 0 spiro atoms. The zero-order valence-electron chi connectivity index (χ0n) is 16.1. The highest BCUT2D eigenvalue weighted by Crippen LogP contribution is 2.29. The molecule has 1 atom stereocenters. The Morgan fingerprint density at radius 1 is 1.00 bits per heavy atom. The van der Waals surface area contributed by atoms with E-state index >= 15 is 0 Å². The summed E-state index contributed by atoms with van der Waals surface area (Å²) < 4.78 is 0. The predicted octanol–water partition coefficient (Wildman–Crippen LogP) is 5.21. The minimum atomic E-state index is -1.05. The van der Waals surface area contributed by atoms with Crippen LogP contribution < -0.4 is 10.6 Å². The van der Waals surface area contributed by atoms with Crippen molar-refractivity contribution >= 4 is 52.3 Å². The van der Waals surface area contributed by atoms with Gasteiger partial charge in [0.05, 0.1) is 15.7 Å². The van der Waals surface area contributed by atoms with E-state index in [0.717, 1.165) is 4.90 Å². The molecular weight excluding hydrogens is 420 g/mol. The summed E-state index contributed by atoms with van der Waals surface area (Å²) in [5.41, 5.74) is 1.21. The summed E-state index contributed by atoms with van der Waals surface area (Å²) in [7, 11) is 0. The van der Waals surface area contributed by atoms with Crippen LogP contribution in [0.5, 0.6) is 0 Å². The number of anilines is 2. The summed E-state index contributed by atoms with van der Waals surface area (Å²) >= 11 is 2.76. The van der Waals surface area contributed by atoms with Crippen LogP contribution >= 0.6 is 23.1 Å². The summed E-state index contributed by atoms with van der Waals surface area (Å²) in [5.74, 6) is -1.43. The van der Waals surface area contributed by atoms with Crippen LogP contribution in [-0.2, 0) is 4.79 Å². The molecule has 154 valence electrons. The first-order valence-corrected chi connectivity index (χ1v) is 11.0. The average molecular weight is 441 g/mol. The quantitative estimate of drug-likeness (QED) is 0.418. The molecule has 0 aliphatic heterocycles. The number of hydrogen-bond acceptors (Lipinski definition) is 5. The molecule has 1 aromatic heterocycles. The Labute approximate surface area is 182 Å². The van der Waals surface area contributed by atoms with Gasteiger partial charge in [-0.1, -0.05) is 25.1 Å². The molecule has 8 heteroatoms. The van der Waals surface area contributed by atoms with E-state index in [0.29, 0.717) is 22.7 Å². The molecule has 0 radical (unpaired) electrons. The van der Waals surface area contributed by atoms with Crippen molar-refractivity contribution in [3.05, 3.63) is 76.5 Å². The fourth-order valence-electron chi connectivity index (χ4n) is 2.69. The van der Waals surface area contributed by atoms with E-state index in [-0.39, 0.29) is 22.6 Å². The van der Waals surface area contributed by atoms with Crippen molar-refractivity contribution in [1.82, 2.24) is 0 Å². The fourth-order valence-corrected chi connectivity index (χ4v) is 4.32. The Morgan fingerprint density at radius 2 is 1.73 bits per heavy atom. The van der Waals surface area contributed by atoms with Crippen molar-refractivity contribution < 1.29 is 19.5 Å². The zero-order chi connectivity index (χ0) is 21.5. The van der Waals surface area contributed by atoms with E-state index in [1.165, 1.54) is 35.2 Å². The molecule has 2 amide bonds. The molecule has 3 aromatic rings. The van der Waals surface area contributed by atoms with Gasteiger partial charge >= 0.3 is 5.97 Å². The molecule has 3 rings (SSSR count). The Kier molecular flexibility index (Phi) is 7.26. The van der Waals surface area contributed by atoms with Gasteiger partial charge in [-0.05, 0) is 54.3 Å². The van der Waals surface area contributed by atoms with Gasteiger partial charge in [0.15, 0.2) is 0 Å². The number of carboxylic acid groups (broad SMARTS) is 1. The number of benzene rings is 2. The molecule has 0 aliphatic carbocycles. The normalized spacial score (nSPS) is 11.5. The zero-order valence-corrected chi connectivity index (χ0v) is 17.8. The standard InChI is InChI=1S/C22H20N2O4S2/c1-2-18(20(25)23-15-7-3-6-14(12-15)22(27)28)30-17-9-4-8-16(13-17)24-21(26)19-10-5-11-29-19/h3-13,18H,2H2,1H3,(H,23,25)(H,24,26)(H,27,28). The number of thioether (sulfide) groups is 1. The Hall–Kier alpha value is -3.10. The number of nitrogens with one attached hydrogen (secondary N) is 2. The largest absolute Gasteiger partial charge is 0.478 e. The topological polar surface area (TPSA) is 95.5 Å². The summed E-state index contributed by atoms with van der Waals surface area (Å²) in [6.07, 6.45) is 0.584. The highest BCUT2D eigenvalue weighted by atomic mass is 32.2. The van der Waals surface area contributed by atoms with Gasteiger partial charge in [-0.15, -0.1) is 23.1 Å². The number of carbonyl (C=O) groups is 3. The molecule has 30 heavy (non-hydrogen) atoms. The smallest absolute Gasteiger partial charge is 0.335 e. The van der Waals surface area contributed by atoms with E-state index in [4.69, 9.17) is 5.11 Å². The van der Waals surface area contributed by atoms with Crippen LogP contribution in [0.4, 0.5) is 11.4 Å². The SMILES string of the molecule is CCC(Sc1cccc(NC(=O)c2cccs2)c1)C(=O)Nc1cccc(C(=O)O)c1. The lowest BCUT2D eigenvalue weighted by atomic mass is 10.2. The maximum absolute atomic E-state index is 12.7. The van der Waals surface area contributed by atoms with Gasteiger partial charge < -0.3 is 15.7 Å². The first-order chi connectivity index (χ1) is 14.5. The average Bonchev–Trinajstić information content (AvgIpc) is 3.27. The lowest BCUT2D eigenvalue weighted by Crippen LogP contribution is -2.24. The van der Waals surface area contributed by atoms with Crippen LogP contribution in [0.1, 0.15) is 33.4 Å². The van der Waals surface area contributed by atoms with Crippen molar-refractivity contribution in [2.75, 3.05) is 10.6 Å². The maximum atomic E-state index is 12.7. The first-order valence-electron chi connectivity index (χ1n) is 9.22. The second kappa shape index (κ2) is 10.1. The Balaban J connectivity index is 1.66. The van der Waals surface area contributed by atoms with Crippen molar-refractivity contribution in [2.24, 2.45) is 0 Å². The van der Waals surface area contributed by atoms with Crippen molar-refractivity contribution in [1.29, 1.82) is 0 Å². The third-order valence-corrected chi connectivity index (χ3v) is 6.38. The van der Waals surface area contributed by atoms with Gasteiger partial charge in [-0.3, -0.25) is 9.59 Å². The minimum Gasteiger partial charge on any atom is -0.478 e. The van der Waals surface area contributed by atoms with E-state index in [1.54, 1.807) is 24.3 Å². The van der Waals surface area contributed by atoms with Crippen LogP contribution in [0.3, 0.4) is 0 Å². The second-order valence-electron chi connectivity index (χ2n) is 6.35. The molecule has 1 heterocycles. The van der Waals surface area contributed by atoms with Crippen molar-refractivity contribution in [3.63, 3.8) is 0 Å². The van der Waals surface area contributed by atoms with Crippen molar-refractivity contribution in [3.8, 4) is 0 Å². The Morgan fingerprint density at radius 3 is 2.40 bits per heavy atom. The summed E-state index contributed by atoms with van der Waals surface area (Å²) in [4.78, 5) is 37.5. The van der Waals surface area contributed by atoms with Crippen LogP contribution in [0.25, 0.3) is 0 Å². The molecule has 0 bridgehead atoms. The van der Waals surface area contributed by atoms with Gasteiger partial charge in [0.25, 0.3) is 5.91 Å². The number of rotatable bonds is 8. The number of amides is 2. The third kappa shape index (κ3) is 5.71. The van der Waals surface area contributed by atoms with Gasteiger partial charge in [-0.25, -0.2) is 4.79 Å². The molecule has 0 saturated heterocycles. The number of carboxylic acids is 1. The molecule has 0 fully saturated rings. The molecule has 3 N–H and O–H groups in total. The predicted molar refractivity (Wildman–Crippen MR) is 121 cm³/mol. The van der Waals surface area contributed by atoms with E-state index in [2.05, 4.69) is 10.6 Å². The van der Waals surface area contributed by atoms with Crippen LogP contribution in [0.2, 0.25) is 0 Å². The molecule has 2 aromatic carbocycles. The van der Waals surface area contributed by atoms with Crippen molar-refractivity contribution in [2.45, 2.75) is 23.5 Å². The number of hydrogen-bond donors (Lipinski definition) is 3. The number of aromatic carboxylic acids is 1. The van der Waals surface area contributed by atoms with Gasteiger partial charge in [0.1, 0.15) is 0 Å². The van der Waals surface area contributed by atoms with Gasteiger partial charge in [-0.2, -0.15) is 0 Å². The molecule has 1 unspecified atom stereocenters. The fraction of sp³-hybridized carbons (Fsp3) is 0.136. The summed E-state index contributed by atoms with van der Waals surface area (Å²) in [5, 5.41) is 16.2. The minimum absolute atomic E-state index is 0.114. The monoisotopic (exact) mass is 440 g/mol. The molecular formula is C22H20N2O4S2. The lowest BCUT2D eigenvalue weighted by Gasteiger charge is -2.15. The van der Waals surface area contributed by atoms with Gasteiger partial charge in [0, 0.05) is 16.3 Å². The van der Waals surface area contributed by atoms with Crippen LogP contribution in [0.15, 0.2) is 70.9 Å². The maximum Gasteiger partial charge on any atom is 0.335 e. The highest BCUT2D eigenvalue weighted by molar-refractivity contribution is 8.00. The molecule has 6 nitrogen and oxygen atoms in total. The Bertz CT molecular complexity index is 1050. The molecule has 0 saturated carbocycles. The van der Waals surface area contributed by atoms with E-state index in [9.17, 15) is 14.4 Å². The number of carbonyl (C=O) groups excluding carboxylic acids is 2. The molecule has 0 aliphatic rings. The van der Waals surface area contributed by atoms with Crippen LogP contribution in [0, 0.1) is 0 Å². The first kappa shape index (κ1) is 21.6.